The molecular formula is C17H18N2O3. The Kier molecular flexibility index (Phi) is 3.79. The van der Waals surface area contributed by atoms with Crippen molar-refractivity contribution in [3.05, 3.63) is 41.6 Å². The summed E-state index contributed by atoms with van der Waals surface area (Å²) in [6.45, 7) is 1.88. The van der Waals surface area contributed by atoms with Crippen molar-refractivity contribution in [2.45, 2.75) is 32.2 Å². The van der Waals surface area contributed by atoms with E-state index in [1.165, 1.54) is 0 Å². The van der Waals surface area contributed by atoms with Gasteiger partial charge in [0, 0.05) is 17.1 Å². The number of para-hydroxylation sites is 1. The zero-order valence-electron chi connectivity index (χ0n) is 12.4. The van der Waals surface area contributed by atoms with Crippen molar-refractivity contribution < 1.29 is 14.7 Å². The largest absolute Gasteiger partial charge is 0.481 e. The predicted molar refractivity (Wildman–Crippen MR) is 82.7 cm³/mol. The zero-order chi connectivity index (χ0) is 15.7. The molecule has 5 heteroatoms. The SMILES string of the molecule is Cc1ccc2cccc(C(=O)N[C@@H]3CCC[C@@H]3C(=O)O)c2n1. The number of aromatic nitrogens is 1. The number of rotatable bonds is 3. The molecule has 0 radical (unpaired) electrons. The Morgan fingerprint density at radius 1 is 1.23 bits per heavy atom. The Balaban J connectivity index is 1.89. The molecule has 5 nitrogen and oxygen atoms in total. The lowest BCUT2D eigenvalue weighted by Crippen LogP contribution is -2.40. The summed E-state index contributed by atoms with van der Waals surface area (Å²) < 4.78 is 0. The van der Waals surface area contributed by atoms with E-state index in [-0.39, 0.29) is 11.9 Å². The number of hydrogen-bond donors (Lipinski definition) is 2. The van der Waals surface area contributed by atoms with Gasteiger partial charge in [-0.3, -0.25) is 14.6 Å². The monoisotopic (exact) mass is 298 g/mol. The Labute approximate surface area is 128 Å². The molecule has 2 N–H and O–H groups in total. The lowest BCUT2D eigenvalue weighted by molar-refractivity contribution is -0.142. The van der Waals surface area contributed by atoms with Gasteiger partial charge in [-0.15, -0.1) is 0 Å². The van der Waals surface area contributed by atoms with Gasteiger partial charge in [-0.05, 0) is 31.9 Å². The first-order valence-corrected chi connectivity index (χ1v) is 7.46. The van der Waals surface area contributed by atoms with Crippen LogP contribution in [0.2, 0.25) is 0 Å². The molecule has 1 aliphatic rings. The minimum Gasteiger partial charge on any atom is -0.481 e. The van der Waals surface area contributed by atoms with Gasteiger partial charge in [0.25, 0.3) is 5.91 Å². The predicted octanol–water partition coefficient (Wildman–Crippen LogP) is 2.53. The van der Waals surface area contributed by atoms with Crippen LogP contribution >= 0.6 is 0 Å². The number of amides is 1. The van der Waals surface area contributed by atoms with E-state index in [4.69, 9.17) is 0 Å². The molecular weight excluding hydrogens is 280 g/mol. The van der Waals surface area contributed by atoms with Gasteiger partial charge in [0.1, 0.15) is 0 Å². The van der Waals surface area contributed by atoms with E-state index in [9.17, 15) is 14.7 Å². The van der Waals surface area contributed by atoms with Crippen molar-refractivity contribution in [1.29, 1.82) is 0 Å². The summed E-state index contributed by atoms with van der Waals surface area (Å²) in [5.74, 6) is -1.58. The molecule has 1 heterocycles. The van der Waals surface area contributed by atoms with Gasteiger partial charge in [-0.1, -0.05) is 24.6 Å². The molecule has 0 aliphatic heterocycles. The van der Waals surface area contributed by atoms with Gasteiger partial charge in [-0.2, -0.15) is 0 Å². The van der Waals surface area contributed by atoms with Crippen LogP contribution in [0.15, 0.2) is 30.3 Å². The van der Waals surface area contributed by atoms with E-state index >= 15 is 0 Å². The molecule has 3 rings (SSSR count). The number of fused-ring (bicyclic) bond motifs is 1. The Morgan fingerprint density at radius 2 is 2.05 bits per heavy atom. The Bertz CT molecular complexity index is 742. The third-order valence-corrected chi connectivity index (χ3v) is 4.25. The molecule has 22 heavy (non-hydrogen) atoms. The number of nitrogens with one attached hydrogen (secondary N) is 1. The van der Waals surface area contributed by atoms with Crippen molar-refractivity contribution in [3.8, 4) is 0 Å². The molecule has 2 aromatic rings. The van der Waals surface area contributed by atoms with Gasteiger partial charge < -0.3 is 10.4 Å². The van der Waals surface area contributed by atoms with Crippen molar-refractivity contribution in [2.24, 2.45) is 5.92 Å². The van der Waals surface area contributed by atoms with Crippen molar-refractivity contribution in [2.75, 3.05) is 0 Å². The highest BCUT2D eigenvalue weighted by Crippen LogP contribution is 2.26. The summed E-state index contributed by atoms with van der Waals surface area (Å²) in [6.07, 6.45) is 2.15. The first-order chi connectivity index (χ1) is 10.6. The van der Waals surface area contributed by atoms with E-state index in [0.717, 1.165) is 17.5 Å². The number of carbonyl (C=O) groups excluding carboxylic acids is 1. The molecule has 1 amide bonds. The van der Waals surface area contributed by atoms with Crippen LogP contribution in [0.1, 0.15) is 35.3 Å². The number of carbonyl (C=O) groups is 2. The van der Waals surface area contributed by atoms with Crippen LogP contribution in [0.5, 0.6) is 0 Å². The quantitative estimate of drug-likeness (QED) is 0.912. The minimum absolute atomic E-state index is 0.248. The van der Waals surface area contributed by atoms with Crippen LogP contribution in [-0.4, -0.2) is 28.0 Å². The smallest absolute Gasteiger partial charge is 0.308 e. The third-order valence-electron chi connectivity index (χ3n) is 4.25. The standard InChI is InChI=1S/C17H18N2O3/c1-10-8-9-11-4-2-6-13(15(11)18-10)16(20)19-14-7-3-5-12(14)17(21)22/h2,4,6,8-9,12,14H,3,5,7H2,1H3,(H,19,20)(H,21,22)/t12-,14+/m0/s1. The number of benzene rings is 1. The topological polar surface area (TPSA) is 79.3 Å². The lowest BCUT2D eigenvalue weighted by Gasteiger charge is -2.18. The third kappa shape index (κ3) is 2.66. The molecule has 1 aromatic carbocycles. The van der Waals surface area contributed by atoms with Crippen LogP contribution in [-0.2, 0) is 4.79 Å². The summed E-state index contributed by atoms with van der Waals surface area (Å²) in [4.78, 5) is 28.2. The number of pyridine rings is 1. The summed E-state index contributed by atoms with van der Waals surface area (Å²) in [7, 11) is 0. The lowest BCUT2D eigenvalue weighted by atomic mass is 10.0. The van der Waals surface area contributed by atoms with Crippen molar-refractivity contribution >= 4 is 22.8 Å². The van der Waals surface area contributed by atoms with E-state index in [1.807, 2.05) is 31.2 Å². The highest BCUT2D eigenvalue weighted by atomic mass is 16.4. The highest BCUT2D eigenvalue weighted by Gasteiger charge is 2.34. The number of nitrogens with zero attached hydrogens (tertiary/aromatic N) is 1. The van der Waals surface area contributed by atoms with E-state index < -0.39 is 11.9 Å². The Morgan fingerprint density at radius 3 is 2.82 bits per heavy atom. The van der Waals surface area contributed by atoms with Crippen LogP contribution < -0.4 is 5.32 Å². The fraction of sp³-hybridized carbons (Fsp3) is 0.353. The van der Waals surface area contributed by atoms with Gasteiger partial charge >= 0.3 is 5.97 Å². The number of aryl methyl sites for hydroxylation is 1. The molecule has 114 valence electrons. The van der Waals surface area contributed by atoms with Crippen LogP contribution in [0.4, 0.5) is 0 Å². The van der Waals surface area contributed by atoms with Crippen LogP contribution in [0, 0.1) is 12.8 Å². The van der Waals surface area contributed by atoms with E-state index in [2.05, 4.69) is 10.3 Å². The van der Waals surface area contributed by atoms with Gasteiger partial charge in [0.05, 0.1) is 17.0 Å². The average molecular weight is 298 g/mol. The van der Waals surface area contributed by atoms with E-state index in [0.29, 0.717) is 23.9 Å². The van der Waals surface area contributed by atoms with Crippen LogP contribution in [0.3, 0.4) is 0 Å². The normalized spacial score (nSPS) is 21.0. The number of hydrogen-bond acceptors (Lipinski definition) is 3. The maximum absolute atomic E-state index is 12.6. The number of aliphatic carboxylic acids is 1. The molecule has 0 spiro atoms. The summed E-state index contributed by atoms with van der Waals surface area (Å²) in [6, 6.07) is 9.00. The summed E-state index contributed by atoms with van der Waals surface area (Å²) in [5.41, 5.74) is 2.00. The van der Waals surface area contributed by atoms with Gasteiger partial charge in [0.2, 0.25) is 0 Å². The molecule has 1 aromatic heterocycles. The Hall–Kier alpha value is -2.43. The second-order valence-corrected chi connectivity index (χ2v) is 5.79. The molecule has 1 fully saturated rings. The highest BCUT2D eigenvalue weighted by molar-refractivity contribution is 6.05. The van der Waals surface area contributed by atoms with Gasteiger partial charge in [0.15, 0.2) is 0 Å². The van der Waals surface area contributed by atoms with Crippen molar-refractivity contribution in [1.82, 2.24) is 10.3 Å². The molecule has 0 bridgehead atoms. The van der Waals surface area contributed by atoms with Crippen LogP contribution in [0.25, 0.3) is 10.9 Å². The molecule has 1 aliphatic carbocycles. The van der Waals surface area contributed by atoms with E-state index in [1.54, 1.807) is 6.07 Å². The maximum Gasteiger partial charge on any atom is 0.308 e. The maximum atomic E-state index is 12.6. The first-order valence-electron chi connectivity index (χ1n) is 7.46. The fourth-order valence-electron chi connectivity index (χ4n) is 3.10. The zero-order valence-corrected chi connectivity index (χ0v) is 12.4. The average Bonchev–Trinajstić information content (AvgIpc) is 2.94. The fourth-order valence-corrected chi connectivity index (χ4v) is 3.10. The second-order valence-electron chi connectivity index (χ2n) is 5.79. The molecule has 0 unspecified atom stereocenters. The molecule has 1 saturated carbocycles. The number of carboxylic acids is 1. The molecule has 0 saturated heterocycles. The second kappa shape index (κ2) is 5.75. The summed E-state index contributed by atoms with van der Waals surface area (Å²) >= 11 is 0. The minimum atomic E-state index is -0.838. The number of carboxylic acid groups (broad SMARTS) is 1. The first kappa shape index (κ1) is 14.5. The molecule has 2 atom stereocenters. The summed E-state index contributed by atoms with van der Waals surface area (Å²) in [5, 5.41) is 13.0. The van der Waals surface area contributed by atoms with Gasteiger partial charge in [-0.25, -0.2) is 0 Å². The van der Waals surface area contributed by atoms with Crippen molar-refractivity contribution in [3.63, 3.8) is 0 Å².